The molecule has 18 heavy (non-hydrogen) atoms. The molecule has 3 rings (SSSR count). The lowest BCUT2D eigenvalue weighted by atomic mass is 10.1. The fourth-order valence-corrected chi connectivity index (χ4v) is 4.16. The second kappa shape index (κ2) is 4.08. The van der Waals surface area contributed by atoms with E-state index in [1.165, 1.54) is 0 Å². The molecule has 94 valence electrons. The number of aryl methyl sites for hydroxylation is 1. The molecule has 0 N–H and O–H groups in total. The van der Waals surface area contributed by atoms with Gasteiger partial charge in [-0.2, -0.15) is 0 Å². The third kappa shape index (κ3) is 1.98. The number of hydrogen-bond acceptors (Lipinski definition) is 3. The first kappa shape index (κ1) is 12.2. The van der Waals surface area contributed by atoms with Gasteiger partial charge < -0.3 is 0 Å². The first-order valence-electron chi connectivity index (χ1n) is 5.43. The molecule has 1 aliphatic rings. The van der Waals surface area contributed by atoms with Crippen molar-refractivity contribution in [3.63, 3.8) is 0 Å². The predicted molar refractivity (Wildman–Crippen MR) is 73.0 cm³/mol. The summed E-state index contributed by atoms with van der Waals surface area (Å²) in [5.41, 5.74) is 2.12. The van der Waals surface area contributed by atoms with Crippen molar-refractivity contribution in [2.24, 2.45) is 0 Å². The summed E-state index contributed by atoms with van der Waals surface area (Å²) >= 11 is 12.2. The zero-order chi connectivity index (χ0) is 12.9. The standard InChI is InChI=1S/C12H9Cl2NO2S/c13-7-1-2-8-11(5-7)15-10-3-4-18(16,17)6-9(10)12(8)14/h1-2,5H,3-4,6H2. The van der Waals surface area contributed by atoms with Crippen LogP contribution in [0.1, 0.15) is 11.3 Å². The highest BCUT2D eigenvalue weighted by atomic mass is 35.5. The molecule has 1 aromatic heterocycles. The van der Waals surface area contributed by atoms with Gasteiger partial charge in [-0.15, -0.1) is 0 Å². The first-order valence-corrected chi connectivity index (χ1v) is 8.01. The summed E-state index contributed by atoms with van der Waals surface area (Å²) in [5, 5.41) is 1.82. The summed E-state index contributed by atoms with van der Waals surface area (Å²) in [5.74, 6) is 0.113. The Morgan fingerprint density at radius 3 is 2.78 bits per heavy atom. The van der Waals surface area contributed by atoms with Gasteiger partial charge in [0.2, 0.25) is 0 Å². The van der Waals surface area contributed by atoms with Crippen molar-refractivity contribution in [2.45, 2.75) is 12.2 Å². The van der Waals surface area contributed by atoms with Crippen molar-refractivity contribution in [3.8, 4) is 0 Å². The lowest BCUT2D eigenvalue weighted by molar-refractivity contribution is 0.591. The van der Waals surface area contributed by atoms with Crippen molar-refractivity contribution in [2.75, 3.05) is 5.75 Å². The minimum absolute atomic E-state index is 0.0211. The number of halogens is 2. The number of pyridine rings is 1. The molecule has 0 aliphatic carbocycles. The molecule has 0 unspecified atom stereocenters. The van der Waals surface area contributed by atoms with Crippen LogP contribution in [0.4, 0.5) is 0 Å². The highest BCUT2D eigenvalue weighted by molar-refractivity contribution is 7.90. The van der Waals surface area contributed by atoms with Crippen LogP contribution in [0.2, 0.25) is 10.0 Å². The average molecular weight is 302 g/mol. The van der Waals surface area contributed by atoms with Crippen molar-refractivity contribution in [1.29, 1.82) is 0 Å². The van der Waals surface area contributed by atoms with Crippen molar-refractivity contribution in [1.82, 2.24) is 4.98 Å². The van der Waals surface area contributed by atoms with Crippen molar-refractivity contribution >= 4 is 43.9 Å². The second-order valence-electron chi connectivity index (χ2n) is 4.35. The van der Waals surface area contributed by atoms with E-state index in [9.17, 15) is 8.42 Å². The molecule has 0 radical (unpaired) electrons. The van der Waals surface area contributed by atoms with Crippen LogP contribution >= 0.6 is 23.2 Å². The smallest absolute Gasteiger partial charge is 0.154 e. The largest absolute Gasteiger partial charge is 0.252 e. The molecule has 0 fully saturated rings. The number of rotatable bonds is 0. The highest BCUT2D eigenvalue weighted by Gasteiger charge is 2.25. The predicted octanol–water partition coefficient (Wildman–Crippen LogP) is 3.01. The van der Waals surface area contributed by atoms with Crippen LogP contribution in [-0.2, 0) is 22.0 Å². The van der Waals surface area contributed by atoms with Gasteiger partial charge in [0.1, 0.15) is 0 Å². The van der Waals surface area contributed by atoms with E-state index in [-0.39, 0.29) is 11.5 Å². The van der Waals surface area contributed by atoms with Crippen molar-refractivity contribution in [3.05, 3.63) is 39.5 Å². The van der Waals surface area contributed by atoms with Gasteiger partial charge in [-0.1, -0.05) is 23.2 Å². The molecule has 0 bridgehead atoms. The Labute approximate surface area is 115 Å². The maximum atomic E-state index is 11.6. The molecule has 0 spiro atoms. The third-order valence-electron chi connectivity index (χ3n) is 3.08. The van der Waals surface area contributed by atoms with E-state index in [0.29, 0.717) is 27.5 Å². The Morgan fingerprint density at radius 2 is 2.00 bits per heavy atom. The average Bonchev–Trinajstić information content (AvgIpc) is 2.30. The molecule has 2 heterocycles. The fraction of sp³-hybridized carbons (Fsp3) is 0.250. The normalized spacial score (nSPS) is 17.7. The lowest BCUT2D eigenvalue weighted by Gasteiger charge is -2.18. The molecule has 0 amide bonds. The summed E-state index contributed by atoms with van der Waals surface area (Å²) in [6, 6.07) is 5.24. The number of nitrogens with zero attached hydrogens (tertiary/aromatic N) is 1. The minimum atomic E-state index is -3.05. The van der Waals surface area contributed by atoms with E-state index < -0.39 is 9.84 Å². The van der Waals surface area contributed by atoms with Gasteiger partial charge in [-0.25, -0.2) is 8.42 Å². The van der Waals surface area contributed by atoms with E-state index in [4.69, 9.17) is 23.2 Å². The first-order chi connectivity index (χ1) is 8.46. The zero-order valence-corrected chi connectivity index (χ0v) is 11.6. The Bertz CT molecular complexity index is 756. The topological polar surface area (TPSA) is 47.0 Å². The summed E-state index contributed by atoms with van der Waals surface area (Å²) in [6.07, 6.45) is 0.417. The van der Waals surface area contributed by atoms with Gasteiger partial charge in [-0.05, 0) is 18.2 Å². The molecular weight excluding hydrogens is 293 g/mol. The van der Waals surface area contributed by atoms with Crippen LogP contribution < -0.4 is 0 Å². The van der Waals surface area contributed by atoms with Crippen LogP contribution in [0, 0.1) is 0 Å². The van der Waals surface area contributed by atoms with E-state index in [2.05, 4.69) is 4.98 Å². The van der Waals surface area contributed by atoms with E-state index >= 15 is 0 Å². The molecule has 6 heteroatoms. The number of aromatic nitrogens is 1. The van der Waals surface area contributed by atoms with Gasteiger partial charge in [0, 0.05) is 28.1 Å². The van der Waals surface area contributed by atoms with E-state index in [0.717, 1.165) is 11.1 Å². The monoisotopic (exact) mass is 301 g/mol. The number of hydrogen-bond donors (Lipinski definition) is 0. The lowest BCUT2D eigenvalue weighted by Crippen LogP contribution is -2.20. The van der Waals surface area contributed by atoms with Gasteiger partial charge in [0.15, 0.2) is 9.84 Å². The van der Waals surface area contributed by atoms with E-state index in [1.54, 1.807) is 18.2 Å². The Hall–Kier alpha value is -0.840. The van der Waals surface area contributed by atoms with Gasteiger partial charge >= 0.3 is 0 Å². The van der Waals surface area contributed by atoms with Crippen LogP contribution in [-0.4, -0.2) is 19.2 Å². The molecular formula is C12H9Cl2NO2S. The SMILES string of the molecule is O=S1(=O)CCc2nc3cc(Cl)ccc3c(Cl)c2C1. The molecule has 2 aromatic rings. The number of benzene rings is 1. The maximum absolute atomic E-state index is 11.6. The molecule has 1 aliphatic heterocycles. The number of fused-ring (bicyclic) bond motifs is 2. The van der Waals surface area contributed by atoms with Crippen molar-refractivity contribution < 1.29 is 8.42 Å². The summed E-state index contributed by atoms with van der Waals surface area (Å²) in [6.45, 7) is 0. The van der Waals surface area contributed by atoms with Crippen LogP contribution in [0.5, 0.6) is 0 Å². The summed E-state index contributed by atoms with van der Waals surface area (Å²) in [7, 11) is -3.05. The Morgan fingerprint density at radius 1 is 1.22 bits per heavy atom. The van der Waals surface area contributed by atoms with E-state index in [1.807, 2.05) is 0 Å². The Kier molecular flexibility index (Phi) is 2.77. The molecule has 1 aromatic carbocycles. The fourth-order valence-electron chi connectivity index (χ4n) is 2.18. The maximum Gasteiger partial charge on any atom is 0.154 e. The van der Waals surface area contributed by atoms with Crippen LogP contribution in [0.25, 0.3) is 10.9 Å². The molecule has 3 nitrogen and oxygen atoms in total. The second-order valence-corrected chi connectivity index (χ2v) is 7.35. The minimum Gasteiger partial charge on any atom is -0.252 e. The van der Waals surface area contributed by atoms with Gasteiger partial charge in [0.25, 0.3) is 0 Å². The third-order valence-corrected chi connectivity index (χ3v) is 5.30. The molecule has 0 saturated heterocycles. The summed E-state index contributed by atoms with van der Waals surface area (Å²) < 4.78 is 23.3. The number of sulfone groups is 1. The van der Waals surface area contributed by atoms with Gasteiger partial charge in [-0.3, -0.25) is 4.98 Å². The van der Waals surface area contributed by atoms with Crippen LogP contribution in [0.15, 0.2) is 18.2 Å². The zero-order valence-electron chi connectivity index (χ0n) is 9.28. The highest BCUT2D eigenvalue weighted by Crippen LogP contribution is 2.33. The summed E-state index contributed by atoms with van der Waals surface area (Å²) in [4.78, 5) is 4.47. The van der Waals surface area contributed by atoms with Crippen LogP contribution in [0.3, 0.4) is 0 Å². The Balaban J connectivity index is 2.33. The molecule has 0 saturated carbocycles. The quantitative estimate of drug-likeness (QED) is 0.751. The molecule has 0 atom stereocenters. The van der Waals surface area contributed by atoms with Gasteiger partial charge in [0.05, 0.1) is 22.0 Å².